The normalized spacial score (nSPS) is 17.2. The van der Waals surface area contributed by atoms with Gasteiger partial charge in [-0.25, -0.2) is 4.98 Å². The highest BCUT2D eigenvalue weighted by Gasteiger charge is 2.44. The molecule has 0 N–H and O–H groups in total. The van der Waals surface area contributed by atoms with E-state index in [2.05, 4.69) is 16.8 Å². The van der Waals surface area contributed by atoms with Gasteiger partial charge >= 0.3 is 5.97 Å². The van der Waals surface area contributed by atoms with Crippen LogP contribution < -0.4 is 0 Å². The van der Waals surface area contributed by atoms with E-state index in [0.717, 1.165) is 43.6 Å². The van der Waals surface area contributed by atoms with Gasteiger partial charge in [0, 0.05) is 6.20 Å². The lowest BCUT2D eigenvalue weighted by molar-refractivity contribution is -0.154. The van der Waals surface area contributed by atoms with Crippen molar-refractivity contribution < 1.29 is 9.53 Å². The number of benzene rings is 1. The molecule has 0 atom stereocenters. The number of rotatable bonds is 5. The summed E-state index contributed by atoms with van der Waals surface area (Å²) in [5.41, 5.74) is 1.25. The van der Waals surface area contributed by atoms with Gasteiger partial charge in [0.2, 0.25) is 0 Å². The second kappa shape index (κ2) is 7.98. The van der Waals surface area contributed by atoms with Crippen molar-refractivity contribution in [3.8, 4) is 0 Å². The molecule has 25 heavy (non-hydrogen) atoms. The van der Waals surface area contributed by atoms with Gasteiger partial charge in [0.15, 0.2) is 0 Å². The Balaban J connectivity index is 1.81. The highest BCUT2D eigenvalue weighted by Crippen LogP contribution is 2.37. The Kier molecular flexibility index (Phi) is 5.71. The summed E-state index contributed by atoms with van der Waals surface area (Å²) in [6.07, 6.45) is 3.18. The standard InChI is InChI=1S/C20H23ClN2O2/c1-2-23-12-10-20(11-13-23,17-8-9-18(21)22-14-17)19(24)25-15-16-6-4-3-5-7-16/h3-9,14H,2,10-13,15H2,1H3. The molecule has 1 saturated heterocycles. The number of carbonyl (C=O) groups excluding carboxylic acids is 1. The van der Waals surface area contributed by atoms with Gasteiger partial charge in [0.25, 0.3) is 0 Å². The van der Waals surface area contributed by atoms with Crippen LogP contribution in [0, 0.1) is 0 Å². The Labute approximate surface area is 153 Å². The molecule has 0 bridgehead atoms. The van der Waals surface area contributed by atoms with E-state index in [1.807, 2.05) is 36.4 Å². The van der Waals surface area contributed by atoms with Crippen LogP contribution in [0.4, 0.5) is 0 Å². The van der Waals surface area contributed by atoms with Crippen molar-refractivity contribution in [2.45, 2.75) is 31.8 Å². The van der Waals surface area contributed by atoms with E-state index in [4.69, 9.17) is 16.3 Å². The molecule has 0 radical (unpaired) electrons. The molecule has 0 saturated carbocycles. The molecule has 2 aromatic rings. The summed E-state index contributed by atoms with van der Waals surface area (Å²) in [6.45, 7) is 5.18. The van der Waals surface area contributed by atoms with E-state index in [1.54, 1.807) is 12.3 Å². The highest BCUT2D eigenvalue weighted by atomic mass is 35.5. The van der Waals surface area contributed by atoms with Crippen LogP contribution in [0.3, 0.4) is 0 Å². The molecular formula is C20H23ClN2O2. The number of piperidine rings is 1. The molecule has 1 aromatic carbocycles. The molecule has 0 unspecified atom stereocenters. The number of likely N-dealkylation sites (tertiary alicyclic amines) is 1. The molecular weight excluding hydrogens is 336 g/mol. The predicted octanol–water partition coefficient (Wildman–Crippen LogP) is 3.83. The number of esters is 1. The van der Waals surface area contributed by atoms with Gasteiger partial charge in [-0.05, 0) is 49.7 Å². The maximum Gasteiger partial charge on any atom is 0.317 e. The van der Waals surface area contributed by atoms with E-state index in [1.165, 1.54) is 0 Å². The monoisotopic (exact) mass is 358 g/mol. The summed E-state index contributed by atoms with van der Waals surface area (Å²) in [4.78, 5) is 19.6. The molecule has 1 fully saturated rings. The Morgan fingerprint density at radius 1 is 1.20 bits per heavy atom. The number of halogens is 1. The number of ether oxygens (including phenoxy) is 1. The van der Waals surface area contributed by atoms with Crippen molar-refractivity contribution in [1.82, 2.24) is 9.88 Å². The third-order valence-corrected chi connectivity index (χ3v) is 5.26. The maximum atomic E-state index is 13.1. The van der Waals surface area contributed by atoms with Crippen LogP contribution in [0.2, 0.25) is 5.15 Å². The molecule has 1 aliphatic heterocycles. The first-order valence-electron chi connectivity index (χ1n) is 8.69. The van der Waals surface area contributed by atoms with E-state index >= 15 is 0 Å². The Morgan fingerprint density at radius 2 is 1.92 bits per heavy atom. The maximum absolute atomic E-state index is 13.1. The van der Waals surface area contributed by atoms with Gasteiger partial charge in [-0.1, -0.05) is 54.9 Å². The van der Waals surface area contributed by atoms with Crippen molar-refractivity contribution in [1.29, 1.82) is 0 Å². The van der Waals surface area contributed by atoms with Gasteiger partial charge in [-0.3, -0.25) is 4.79 Å². The number of nitrogens with zero attached hydrogens (tertiary/aromatic N) is 2. The summed E-state index contributed by atoms with van der Waals surface area (Å²) < 4.78 is 5.71. The summed E-state index contributed by atoms with van der Waals surface area (Å²) in [5, 5.41) is 0.433. The van der Waals surface area contributed by atoms with Crippen molar-refractivity contribution in [2.75, 3.05) is 19.6 Å². The summed E-state index contributed by atoms with van der Waals surface area (Å²) in [5.74, 6) is -0.170. The lowest BCUT2D eigenvalue weighted by atomic mass is 9.73. The van der Waals surface area contributed by atoms with E-state index in [-0.39, 0.29) is 5.97 Å². The molecule has 3 rings (SSSR count). The van der Waals surface area contributed by atoms with Crippen LogP contribution >= 0.6 is 11.6 Å². The van der Waals surface area contributed by atoms with Crippen LogP contribution in [0.15, 0.2) is 48.7 Å². The van der Waals surface area contributed by atoms with Gasteiger partial charge in [-0.15, -0.1) is 0 Å². The van der Waals surface area contributed by atoms with Crippen LogP contribution in [0.25, 0.3) is 0 Å². The molecule has 4 nitrogen and oxygen atoms in total. The Bertz CT molecular complexity index is 695. The molecule has 2 heterocycles. The average molecular weight is 359 g/mol. The van der Waals surface area contributed by atoms with Gasteiger partial charge in [0.1, 0.15) is 11.8 Å². The third kappa shape index (κ3) is 4.02. The highest BCUT2D eigenvalue weighted by molar-refractivity contribution is 6.29. The second-order valence-electron chi connectivity index (χ2n) is 6.45. The van der Waals surface area contributed by atoms with Crippen LogP contribution in [-0.2, 0) is 21.6 Å². The topological polar surface area (TPSA) is 42.4 Å². The third-order valence-electron chi connectivity index (χ3n) is 5.04. The largest absolute Gasteiger partial charge is 0.460 e. The minimum atomic E-state index is -0.641. The fourth-order valence-electron chi connectivity index (χ4n) is 3.38. The molecule has 132 valence electrons. The molecule has 0 amide bonds. The first kappa shape index (κ1) is 17.9. The molecule has 1 aliphatic rings. The zero-order valence-corrected chi connectivity index (χ0v) is 15.2. The average Bonchev–Trinajstić information content (AvgIpc) is 2.67. The zero-order chi connectivity index (χ0) is 17.7. The molecule has 0 spiro atoms. The van der Waals surface area contributed by atoms with E-state index < -0.39 is 5.41 Å². The van der Waals surface area contributed by atoms with Crippen molar-refractivity contribution in [3.05, 3.63) is 64.9 Å². The van der Waals surface area contributed by atoms with Gasteiger partial charge < -0.3 is 9.64 Å². The van der Waals surface area contributed by atoms with Gasteiger partial charge in [0.05, 0.1) is 5.41 Å². The zero-order valence-electron chi connectivity index (χ0n) is 14.5. The molecule has 0 aliphatic carbocycles. The fourth-order valence-corrected chi connectivity index (χ4v) is 3.49. The van der Waals surface area contributed by atoms with Crippen LogP contribution in [-0.4, -0.2) is 35.5 Å². The minimum Gasteiger partial charge on any atom is -0.460 e. The Hall–Kier alpha value is -1.91. The Morgan fingerprint density at radius 3 is 2.52 bits per heavy atom. The smallest absolute Gasteiger partial charge is 0.317 e. The van der Waals surface area contributed by atoms with E-state index in [9.17, 15) is 4.79 Å². The molecule has 5 heteroatoms. The summed E-state index contributed by atoms with van der Waals surface area (Å²) in [7, 11) is 0. The number of hydrogen-bond donors (Lipinski definition) is 0. The van der Waals surface area contributed by atoms with Crippen LogP contribution in [0.1, 0.15) is 30.9 Å². The van der Waals surface area contributed by atoms with Crippen molar-refractivity contribution in [3.63, 3.8) is 0 Å². The fraction of sp³-hybridized carbons (Fsp3) is 0.400. The quantitative estimate of drug-likeness (QED) is 0.601. The summed E-state index contributed by atoms with van der Waals surface area (Å²) >= 11 is 5.93. The van der Waals surface area contributed by atoms with Crippen LogP contribution in [0.5, 0.6) is 0 Å². The minimum absolute atomic E-state index is 0.170. The SMILES string of the molecule is CCN1CCC(C(=O)OCc2ccccc2)(c2ccc(Cl)nc2)CC1. The van der Waals surface area contributed by atoms with Crippen molar-refractivity contribution in [2.24, 2.45) is 0 Å². The second-order valence-corrected chi connectivity index (χ2v) is 6.83. The predicted molar refractivity (Wildman–Crippen MR) is 98.5 cm³/mol. The number of pyridine rings is 1. The number of hydrogen-bond acceptors (Lipinski definition) is 4. The first-order chi connectivity index (χ1) is 12.1. The van der Waals surface area contributed by atoms with Crippen molar-refractivity contribution >= 4 is 17.6 Å². The van der Waals surface area contributed by atoms with Gasteiger partial charge in [-0.2, -0.15) is 0 Å². The summed E-state index contributed by atoms with van der Waals surface area (Å²) in [6, 6.07) is 13.4. The lowest BCUT2D eigenvalue weighted by Gasteiger charge is -2.39. The number of carbonyl (C=O) groups is 1. The lowest BCUT2D eigenvalue weighted by Crippen LogP contribution is -2.48. The van der Waals surface area contributed by atoms with E-state index in [0.29, 0.717) is 11.8 Å². The molecule has 1 aromatic heterocycles. The number of aromatic nitrogens is 1. The first-order valence-corrected chi connectivity index (χ1v) is 9.07.